The van der Waals surface area contributed by atoms with E-state index in [1.807, 2.05) is 22.9 Å². The van der Waals surface area contributed by atoms with E-state index in [1.165, 1.54) is 12.7 Å². The number of aldehydes is 1. The van der Waals surface area contributed by atoms with Gasteiger partial charge in [-0.15, -0.1) is 0 Å². The van der Waals surface area contributed by atoms with Gasteiger partial charge in [-0.25, -0.2) is 4.98 Å². The fourth-order valence-corrected chi connectivity index (χ4v) is 5.61. The molecule has 2 aliphatic rings. The molecule has 37 heavy (non-hydrogen) atoms. The summed E-state index contributed by atoms with van der Waals surface area (Å²) in [4.78, 5) is 37.8. The van der Waals surface area contributed by atoms with Crippen LogP contribution >= 0.6 is 0 Å². The van der Waals surface area contributed by atoms with Crippen LogP contribution < -0.4 is 15.4 Å². The monoisotopic (exact) mass is 503 g/mol. The lowest BCUT2D eigenvalue weighted by molar-refractivity contribution is -0.142. The summed E-state index contributed by atoms with van der Waals surface area (Å²) in [6.45, 7) is 2.66. The molecule has 0 bridgehead atoms. The van der Waals surface area contributed by atoms with Gasteiger partial charge in [0.2, 0.25) is 5.95 Å². The number of fused-ring (bicyclic) bond motifs is 1. The molecule has 0 aliphatic carbocycles. The van der Waals surface area contributed by atoms with Crippen molar-refractivity contribution in [2.45, 2.75) is 37.2 Å². The highest BCUT2D eigenvalue weighted by Gasteiger charge is 2.40. The Kier molecular flexibility index (Phi) is 6.97. The predicted molar refractivity (Wildman–Crippen MR) is 142 cm³/mol. The third-order valence-electron chi connectivity index (χ3n) is 7.70. The molecule has 0 spiro atoms. The Morgan fingerprint density at radius 1 is 1.24 bits per heavy atom. The van der Waals surface area contributed by atoms with Gasteiger partial charge in [0.1, 0.15) is 17.7 Å². The first kappa shape index (κ1) is 25.0. The Morgan fingerprint density at radius 3 is 2.65 bits per heavy atom. The molecule has 5 rings (SSSR count). The number of hydrogen-bond acceptors (Lipinski definition) is 8. The first-order chi connectivity index (χ1) is 17.9. The van der Waals surface area contributed by atoms with Crippen molar-refractivity contribution >= 4 is 34.9 Å². The van der Waals surface area contributed by atoms with E-state index in [-0.39, 0.29) is 17.4 Å². The van der Waals surface area contributed by atoms with Crippen LogP contribution in [0.4, 0.5) is 11.8 Å². The van der Waals surface area contributed by atoms with Crippen molar-refractivity contribution in [3.05, 3.63) is 53.6 Å². The minimum atomic E-state index is -0.296. The van der Waals surface area contributed by atoms with Crippen LogP contribution in [0.3, 0.4) is 0 Å². The number of likely N-dealkylation sites (N-methyl/N-ethyl adjacent to an activating group) is 1. The number of likely N-dealkylation sites (tertiary alicyclic amines) is 1. The molecule has 1 amide bonds. The average Bonchev–Trinajstić information content (AvgIpc) is 3.48. The molecule has 0 saturated carbocycles. The van der Waals surface area contributed by atoms with Crippen LogP contribution in [-0.2, 0) is 14.9 Å². The third-order valence-corrected chi connectivity index (χ3v) is 7.70. The number of nitrogen functional groups attached to an aromatic ring is 1. The number of amides is 1. The summed E-state index contributed by atoms with van der Waals surface area (Å²) >= 11 is 0. The number of nitrogens with zero attached hydrogens (tertiary/aromatic N) is 4. The van der Waals surface area contributed by atoms with Gasteiger partial charge in [0.15, 0.2) is 6.29 Å². The highest BCUT2D eigenvalue weighted by Crippen LogP contribution is 2.38. The van der Waals surface area contributed by atoms with E-state index in [2.05, 4.69) is 29.2 Å². The summed E-state index contributed by atoms with van der Waals surface area (Å²) in [5, 5.41) is 0.637. The minimum absolute atomic E-state index is 0.111. The second kappa shape index (κ2) is 10.3. The third kappa shape index (κ3) is 4.83. The number of rotatable bonds is 7. The van der Waals surface area contributed by atoms with Crippen molar-refractivity contribution in [1.82, 2.24) is 14.9 Å². The SMILES string of the molecule is COc1cc2c(N)nc(N(C)CC3(c4ccccc4)CCN(C(=O)C4CCCO4)CC3)nc2cc1C=O. The quantitative estimate of drug-likeness (QED) is 0.490. The number of aromatic nitrogens is 2. The van der Waals surface area contributed by atoms with Crippen molar-refractivity contribution in [3.8, 4) is 5.75 Å². The van der Waals surface area contributed by atoms with Crippen LogP contribution in [0.25, 0.3) is 10.9 Å². The van der Waals surface area contributed by atoms with Crippen molar-refractivity contribution in [2.24, 2.45) is 0 Å². The van der Waals surface area contributed by atoms with Crippen molar-refractivity contribution < 1.29 is 19.1 Å². The first-order valence-corrected chi connectivity index (χ1v) is 12.7. The second-order valence-electron chi connectivity index (χ2n) is 9.97. The first-order valence-electron chi connectivity index (χ1n) is 12.7. The molecule has 0 radical (unpaired) electrons. The van der Waals surface area contributed by atoms with Gasteiger partial charge in [0, 0.05) is 44.1 Å². The Labute approximate surface area is 216 Å². The van der Waals surface area contributed by atoms with Crippen molar-refractivity contribution in [1.29, 1.82) is 0 Å². The summed E-state index contributed by atoms with van der Waals surface area (Å²) in [6.07, 6.45) is 3.83. The molecule has 2 N–H and O–H groups in total. The molecule has 9 heteroatoms. The number of benzene rings is 2. The van der Waals surface area contributed by atoms with E-state index in [9.17, 15) is 9.59 Å². The summed E-state index contributed by atoms with van der Waals surface area (Å²) in [6, 6.07) is 13.8. The zero-order valence-corrected chi connectivity index (χ0v) is 21.4. The standard InChI is InChI=1S/C28H33N5O4/c1-32(27-30-22-15-19(17-34)24(36-2)16-21(22)25(29)31-27)18-28(20-7-4-3-5-8-20)10-12-33(13-11-28)26(35)23-9-6-14-37-23/h3-5,7-8,15-17,23H,6,9-14,18H2,1-2H3,(H2,29,30,31). The van der Waals surface area contributed by atoms with Crippen LogP contribution in [0, 0.1) is 0 Å². The highest BCUT2D eigenvalue weighted by molar-refractivity contribution is 5.95. The van der Waals surface area contributed by atoms with Gasteiger partial charge in [-0.05, 0) is 43.4 Å². The Bertz CT molecular complexity index is 1280. The number of methoxy groups -OCH3 is 1. The molecule has 3 heterocycles. The fourth-order valence-electron chi connectivity index (χ4n) is 5.61. The molecule has 2 saturated heterocycles. The molecular weight excluding hydrogens is 470 g/mol. The number of nitrogens with two attached hydrogens (primary N) is 1. The number of carbonyl (C=O) groups excluding carboxylic acids is 2. The minimum Gasteiger partial charge on any atom is -0.496 e. The van der Waals surface area contributed by atoms with E-state index in [1.54, 1.807) is 12.1 Å². The Morgan fingerprint density at radius 2 is 2.00 bits per heavy atom. The van der Waals surface area contributed by atoms with Crippen LogP contribution in [0.5, 0.6) is 5.75 Å². The van der Waals surface area contributed by atoms with Gasteiger partial charge in [-0.3, -0.25) is 9.59 Å². The molecule has 9 nitrogen and oxygen atoms in total. The van der Waals surface area contributed by atoms with E-state index in [0.29, 0.717) is 60.2 Å². The number of piperidine rings is 1. The summed E-state index contributed by atoms with van der Waals surface area (Å²) in [5.74, 6) is 1.36. The van der Waals surface area contributed by atoms with Crippen LogP contribution in [0.1, 0.15) is 41.6 Å². The molecule has 2 aliphatic heterocycles. The Hall–Kier alpha value is -3.72. The molecule has 3 aromatic rings. The number of anilines is 2. The van der Waals surface area contributed by atoms with Gasteiger partial charge in [0.25, 0.3) is 5.91 Å². The summed E-state index contributed by atoms with van der Waals surface area (Å²) in [5.41, 5.74) is 8.35. The molecular formula is C28H33N5O4. The molecule has 2 aromatic carbocycles. The number of ether oxygens (including phenoxy) is 2. The van der Waals surface area contributed by atoms with E-state index >= 15 is 0 Å². The van der Waals surface area contributed by atoms with Gasteiger partial charge < -0.3 is 25.0 Å². The fraction of sp³-hybridized carbons (Fsp3) is 0.429. The van der Waals surface area contributed by atoms with Crippen molar-refractivity contribution in [2.75, 3.05) is 51.0 Å². The van der Waals surface area contributed by atoms with E-state index in [0.717, 1.165) is 32.0 Å². The Balaban J connectivity index is 1.42. The number of hydrogen-bond donors (Lipinski definition) is 1. The highest BCUT2D eigenvalue weighted by atomic mass is 16.5. The molecule has 2 fully saturated rings. The van der Waals surface area contributed by atoms with Gasteiger partial charge in [-0.2, -0.15) is 4.98 Å². The molecule has 194 valence electrons. The zero-order valence-electron chi connectivity index (χ0n) is 21.4. The summed E-state index contributed by atoms with van der Waals surface area (Å²) in [7, 11) is 3.47. The van der Waals surface area contributed by atoms with E-state index < -0.39 is 0 Å². The lowest BCUT2D eigenvalue weighted by Gasteiger charge is -2.44. The van der Waals surface area contributed by atoms with Gasteiger partial charge in [0.05, 0.1) is 18.2 Å². The largest absolute Gasteiger partial charge is 0.496 e. The van der Waals surface area contributed by atoms with Crippen LogP contribution in [-0.4, -0.2) is 73.6 Å². The van der Waals surface area contributed by atoms with Crippen LogP contribution in [0.15, 0.2) is 42.5 Å². The molecule has 1 unspecified atom stereocenters. The lowest BCUT2D eigenvalue weighted by Crippen LogP contribution is -2.52. The zero-order chi connectivity index (χ0) is 26.0. The smallest absolute Gasteiger partial charge is 0.251 e. The number of carbonyl (C=O) groups is 2. The topological polar surface area (TPSA) is 111 Å². The normalized spacial score (nSPS) is 19.1. The maximum Gasteiger partial charge on any atom is 0.251 e. The van der Waals surface area contributed by atoms with Gasteiger partial charge >= 0.3 is 0 Å². The second-order valence-corrected chi connectivity index (χ2v) is 9.97. The predicted octanol–water partition coefficient (Wildman–Crippen LogP) is 3.21. The maximum absolute atomic E-state index is 13.0. The molecule has 1 atom stereocenters. The van der Waals surface area contributed by atoms with Crippen LogP contribution in [0.2, 0.25) is 0 Å². The lowest BCUT2D eigenvalue weighted by atomic mass is 9.72. The maximum atomic E-state index is 13.0. The average molecular weight is 504 g/mol. The van der Waals surface area contributed by atoms with Crippen molar-refractivity contribution in [3.63, 3.8) is 0 Å². The van der Waals surface area contributed by atoms with E-state index in [4.69, 9.17) is 20.2 Å². The summed E-state index contributed by atoms with van der Waals surface area (Å²) < 4.78 is 11.0. The molecule has 1 aromatic heterocycles. The van der Waals surface area contributed by atoms with Gasteiger partial charge in [-0.1, -0.05) is 30.3 Å².